The Morgan fingerprint density at radius 2 is 1.96 bits per heavy atom. The molecular formula is C19H24N2O4. The normalized spacial score (nSPS) is 26.0. The quantitative estimate of drug-likeness (QED) is 0.907. The van der Waals surface area contributed by atoms with Crippen LogP contribution >= 0.6 is 0 Å². The highest BCUT2D eigenvalue weighted by molar-refractivity contribution is 5.84. The van der Waals surface area contributed by atoms with Crippen molar-refractivity contribution in [1.82, 2.24) is 9.88 Å². The number of aryl methyl sites for hydroxylation is 1. The molecule has 2 saturated carbocycles. The lowest BCUT2D eigenvalue weighted by molar-refractivity contribution is -0.162. The summed E-state index contributed by atoms with van der Waals surface area (Å²) >= 11 is 0. The van der Waals surface area contributed by atoms with E-state index in [1.807, 2.05) is 11.8 Å². The van der Waals surface area contributed by atoms with Crippen molar-refractivity contribution in [3.63, 3.8) is 0 Å². The van der Waals surface area contributed by atoms with E-state index in [9.17, 15) is 14.7 Å². The summed E-state index contributed by atoms with van der Waals surface area (Å²) in [6.07, 6.45) is 6.80. The average molecular weight is 344 g/mol. The van der Waals surface area contributed by atoms with E-state index in [-0.39, 0.29) is 11.8 Å². The van der Waals surface area contributed by atoms with E-state index in [0.29, 0.717) is 37.1 Å². The molecule has 1 aromatic heterocycles. The molecule has 2 aliphatic carbocycles. The molecule has 1 spiro atoms. The molecule has 1 saturated heterocycles. The highest BCUT2D eigenvalue weighted by Gasteiger charge is 2.62. The smallest absolute Gasteiger partial charge is 0.348 e. The molecule has 134 valence electrons. The van der Waals surface area contributed by atoms with E-state index in [0.717, 1.165) is 12.1 Å². The SMILES string of the molecule is Cc1ccc(OC2(C(=O)O)CCN(C(=O)[C@H]3CC34CCC4)CC2)cn1. The maximum Gasteiger partial charge on any atom is 0.348 e. The number of pyridine rings is 1. The molecule has 1 amide bonds. The zero-order chi connectivity index (χ0) is 17.7. The van der Waals surface area contributed by atoms with Crippen LogP contribution in [0.4, 0.5) is 0 Å². The Balaban J connectivity index is 1.41. The summed E-state index contributed by atoms with van der Waals surface area (Å²) < 4.78 is 5.84. The molecule has 1 atom stereocenters. The van der Waals surface area contributed by atoms with E-state index in [1.54, 1.807) is 18.3 Å². The lowest BCUT2D eigenvalue weighted by atomic mass is 9.79. The minimum Gasteiger partial charge on any atom is -0.478 e. The maximum absolute atomic E-state index is 12.7. The number of amides is 1. The molecular weight excluding hydrogens is 320 g/mol. The Hall–Kier alpha value is -2.11. The van der Waals surface area contributed by atoms with Crippen LogP contribution in [0, 0.1) is 18.3 Å². The second-order valence-electron chi connectivity index (χ2n) is 7.83. The lowest BCUT2D eigenvalue weighted by Crippen LogP contribution is -2.54. The molecule has 6 nitrogen and oxygen atoms in total. The molecule has 4 rings (SSSR count). The summed E-state index contributed by atoms with van der Waals surface area (Å²) in [5.74, 6) is -0.109. The number of hydrogen-bond donors (Lipinski definition) is 1. The lowest BCUT2D eigenvalue weighted by Gasteiger charge is -2.39. The molecule has 1 aromatic rings. The van der Waals surface area contributed by atoms with E-state index in [2.05, 4.69) is 4.98 Å². The third-order valence-electron chi connectivity index (χ3n) is 6.31. The number of ether oxygens (including phenoxy) is 1. The van der Waals surface area contributed by atoms with Crippen LogP contribution in [0.15, 0.2) is 18.3 Å². The van der Waals surface area contributed by atoms with Gasteiger partial charge in [0.25, 0.3) is 0 Å². The molecule has 0 unspecified atom stereocenters. The van der Waals surface area contributed by atoms with Gasteiger partial charge in [0.05, 0.1) is 6.20 Å². The summed E-state index contributed by atoms with van der Waals surface area (Å²) in [5.41, 5.74) is -0.111. The molecule has 6 heteroatoms. The van der Waals surface area contributed by atoms with Crippen molar-refractivity contribution in [3.05, 3.63) is 24.0 Å². The Kier molecular flexibility index (Phi) is 3.74. The molecule has 3 aliphatic rings. The standard InChI is InChI=1S/C19H24N2O4/c1-13-3-4-14(12-20-13)25-19(17(23)24)7-9-21(10-8-19)16(22)15-11-18(15)5-2-6-18/h3-4,12,15H,2,5-11H2,1H3,(H,23,24)/t15-/m1/s1. The minimum absolute atomic E-state index is 0.181. The number of nitrogens with zero attached hydrogens (tertiary/aromatic N) is 2. The van der Waals surface area contributed by atoms with E-state index in [4.69, 9.17) is 4.74 Å². The first-order chi connectivity index (χ1) is 11.9. The van der Waals surface area contributed by atoms with Crippen LogP contribution in [-0.4, -0.2) is 45.6 Å². The van der Waals surface area contributed by atoms with Crippen molar-refractivity contribution in [3.8, 4) is 5.75 Å². The van der Waals surface area contributed by atoms with E-state index < -0.39 is 11.6 Å². The highest BCUT2D eigenvalue weighted by Crippen LogP contribution is 2.66. The summed E-state index contributed by atoms with van der Waals surface area (Å²) in [6, 6.07) is 3.55. The fraction of sp³-hybridized carbons (Fsp3) is 0.632. The van der Waals surface area contributed by atoms with Gasteiger partial charge in [-0.15, -0.1) is 0 Å². The number of rotatable bonds is 4. The number of carboxylic acid groups (broad SMARTS) is 1. The number of piperidine rings is 1. The van der Waals surface area contributed by atoms with Crippen LogP contribution in [0.25, 0.3) is 0 Å². The second kappa shape index (κ2) is 5.71. The summed E-state index contributed by atoms with van der Waals surface area (Å²) in [7, 11) is 0. The van der Waals surface area contributed by atoms with Crippen molar-refractivity contribution in [2.24, 2.45) is 11.3 Å². The van der Waals surface area contributed by atoms with Crippen molar-refractivity contribution in [2.45, 2.75) is 51.0 Å². The Morgan fingerprint density at radius 1 is 1.24 bits per heavy atom. The number of aromatic nitrogens is 1. The van der Waals surface area contributed by atoms with Gasteiger partial charge in [0.1, 0.15) is 5.75 Å². The number of carbonyl (C=O) groups excluding carboxylic acids is 1. The molecule has 1 aliphatic heterocycles. The first-order valence-corrected chi connectivity index (χ1v) is 9.08. The predicted octanol–water partition coefficient (Wildman–Crippen LogP) is 2.40. The van der Waals surface area contributed by atoms with Gasteiger partial charge in [-0.25, -0.2) is 4.79 Å². The van der Waals surface area contributed by atoms with Gasteiger partial charge >= 0.3 is 5.97 Å². The average Bonchev–Trinajstić information content (AvgIpc) is 3.33. The van der Waals surface area contributed by atoms with Crippen LogP contribution in [-0.2, 0) is 9.59 Å². The van der Waals surface area contributed by atoms with E-state index in [1.165, 1.54) is 19.3 Å². The number of likely N-dealkylation sites (tertiary alicyclic amines) is 1. The summed E-state index contributed by atoms with van der Waals surface area (Å²) in [4.78, 5) is 30.6. The van der Waals surface area contributed by atoms with Gasteiger partial charge in [-0.2, -0.15) is 0 Å². The molecule has 2 heterocycles. The zero-order valence-corrected chi connectivity index (χ0v) is 14.5. The molecule has 25 heavy (non-hydrogen) atoms. The van der Waals surface area contributed by atoms with Crippen LogP contribution < -0.4 is 4.74 Å². The van der Waals surface area contributed by atoms with Crippen molar-refractivity contribution < 1.29 is 19.4 Å². The third-order valence-corrected chi connectivity index (χ3v) is 6.31. The zero-order valence-electron chi connectivity index (χ0n) is 14.5. The Morgan fingerprint density at radius 3 is 2.44 bits per heavy atom. The first kappa shape index (κ1) is 16.4. The van der Waals surface area contributed by atoms with Crippen LogP contribution in [0.1, 0.15) is 44.2 Å². The molecule has 0 aromatic carbocycles. The molecule has 1 N–H and O–H groups in total. The minimum atomic E-state index is -1.27. The number of hydrogen-bond acceptors (Lipinski definition) is 4. The van der Waals surface area contributed by atoms with Gasteiger partial charge in [-0.1, -0.05) is 6.42 Å². The Bertz CT molecular complexity index is 688. The van der Waals surface area contributed by atoms with Crippen molar-refractivity contribution >= 4 is 11.9 Å². The largest absolute Gasteiger partial charge is 0.478 e. The summed E-state index contributed by atoms with van der Waals surface area (Å²) in [5, 5.41) is 9.73. The molecule has 3 fully saturated rings. The second-order valence-corrected chi connectivity index (χ2v) is 7.83. The van der Waals surface area contributed by atoms with Crippen molar-refractivity contribution in [2.75, 3.05) is 13.1 Å². The van der Waals surface area contributed by atoms with Gasteiger partial charge in [-0.05, 0) is 43.7 Å². The van der Waals surface area contributed by atoms with E-state index >= 15 is 0 Å². The van der Waals surface area contributed by atoms with Gasteiger partial charge in [0.15, 0.2) is 0 Å². The van der Waals surface area contributed by atoms with Crippen molar-refractivity contribution in [1.29, 1.82) is 0 Å². The van der Waals surface area contributed by atoms with Crippen LogP contribution in [0.5, 0.6) is 5.75 Å². The number of carboxylic acids is 1. The predicted molar refractivity (Wildman–Crippen MR) is 90.2 cm³/mol. The summed E-state index contributed by atoms with van der Waals surface area (Å²) in [6.45, 7) is 2.75. The Labute approximate surface area is 147 Å². The molecule has 0 bridgehead atoms. The topological polar surface area (TPSA) is 79.7 Å². The number of carbonyl (C=O) groups is 2. The fourth-order valence-corrected chi connectivity index (χ4v) is 4.29. The first-order valence-electron chi connectivity index (χ1n) is 9.08. The van der Waals surface area contributed by atoms with Gasteiger partial charge < -0.3 is 14.7 Å². The van der Waals surface area contributed by atoms with Crippen LogP contribution in [0.3, 0.4) is 0 Å². The van der Waals surface area contributed by atoms with Gasteiger partial charge in [0, 0.05) is 37.5 Å². The third kappa shape index (κ3) is 2.77. The maximum atomic E-state index is 12.7. The van der Waals surface area contributed by atoms with Gasteiger partial charge in [-0.3, -0.25) is 9.78 Å². The monoisotopic (exact) mass is 344 g/mol. The number of aliphatic carboxylic acids is 1. The fourth-order valence-electron chi connectivity index (χ4n) is 4.29. The van der Waals surface area contributed by atoms with Crippen LogP contribution in [0.2, 0.25) is 0 Å². The molecule has 0 radical (unpaired) electrons. The van der Waals surface area contributed by atoms with Gasteiger partial charge in [0.2, 0.25) is 11.5 Å². The highest BCUT2D eigenvalue weighted by atomic mass is 16.5.